The Morgan fingerprint density at radius 2 is 2.12 bits per heavy atom. The molecule has 2 bridgehead atoms. The summed E-state index contributed by atoms with van der Waals surface area (Å²) < 4.78 is 12.2. The molecule has 0 aromatic heterocycles. The highest BCUT2D eigenvalue weighted by Gasteiger charge is 2.53. The molecule has 0 amide bonds. The number of allylic oxidation sites excluding steroid dienone is 2. The summed E-state index contributed by atoms with van der Waals surface area (Å²) in [6.07, 6.45) is 6.62. The number of fused-ring (bicyclic) bond motifs is 1. The summed E-state index contributed by atoms with van der Waals surface area (Å²) in [4.78, 5) is 12.2. The SMILES string of the molecule is C=C1C(=O)O[C@H]2[C@@H]3O[C@@](C)(CC/C=C(/C)CCC[C@@H]2C)[C@H](O)C[C@@H]13. The summed E-state index contributed by atoms with van der Waals surface area (Å²) in [6.45, 7) is 10.2. The van der Waals surface area contributed by atoms with Gasteiger partial charge in [-0.2, -0.15) is 0 Å². The number of carbonyl (C=O) groups excluding carboxylic acids is 1. The van der Waals surface area contributed by atoms with Crippen molar-refractivity contribution in [2.45, 2.75) is 83.2 Å². The van der Waals surface area contributed by atoms with Crippen molar-refractivity contribution >= 4 is 5.97 Å². The molecule has 0 aromatic carbocycles. The Morgan fingerprint density at radius 3 is 2.88 bits per heavy atom. The molecule has 2 saturated heterocycles. The van der Waals surface area contributed by atoms with Crippen molar-refractivity contribution in [1.29, 1.82) is 0 Å². The van der Waals surface area contributed by atoms with Crippen molar-refractivity contribution in [3.63, 3.8) is 0 Å². The summed E-state index contributed by atoms with van der Waals surface area (Å²) in [7, 11) is 0. The average Bonchev–Trinajstić information content (AvgIpc) is 2.52. The van der Waals surface area contributed by atoms with E-state index in [1.165, 1.54) is 5.57 Å². The van der Waals surface area contributed by atoms with Gasteiger partial charge in [-0.25, -0.2) is 4.79 Å². The molecular formula is C20H30O4. The molecule has 0 unspecified atom stereocenters. The summed E-state index contributed by atoms with van der Waals surface area (Å²) >= 11 is 0. The lowest BCUT2D eigenvalue weighted by Gasteiger charge is -2.51. The number of carbonyl (C=O) groups is 1. The fraction of sp³-hybridized carbons (Fsp3) is 0.750. The first-order valence-corrected chi connectivity index (χ1v) is 9.23. The highest BCUT2D eigenvalue weighted by Crippen LogP contribution is 2.45. The average molecular weight is 334 g/mol. The van der Waals surface area contributed by atoms with Crippen LogP contribution in [0.15, 0.2) is 23.8 Å². The number of aliphatic hydroxyl groups excluding tert-OH is 1. The van der Waals surface area contributed by atoms with Gasteiger partial charge < -0.3 is 14.6 Å². The minimum absolute atomic E-state index is 0.137. The van der Waals surface area contributed by atoms with Crippen LogP contribution in [0.4, 0.5) is 0 Å². The van der Waals surface area contributed by atoms with Gasteiger partial charge in [0, 0.05) is 11.5 Å². The molecule has 0 spiro atoms. The van der Waals surface area contributed by atoms with Crippen LogP contribution in [-0.4, -0.2) is 35.0 Å². The minimum atomic E-state index is -0.598. The second kappa shape index (κ2) is 6.64. The van der Waals surface area contributed by atoms with Gasteiger partial charge in [0.05, 0.1) is 11.7 Å². The van der Waals surface area contributed by atoms with E-state index in [1.54, 1.807) is 0 Å². The lowest BCUT2D eigenvalue weighted by Crippen LogP contribution is -2.60. The molecule has 0 saturated carbocycles. The van der Waals surface area contributed by atoms with E-state index >= 15 is 0 Å². The van der Waals surface area contributed by atoms with Crippen molar-refractivity contribution in [1.82, 2.24) is 0 Å². The molecule has 0 aromatic rings. The fourth-order valence-corrected chi connectivity index (χ4v) is 4.39. The van der Waals surface area contributed by atoms with Crippen LogP contribution in [-0.2, 0) is 14.3 Å². The zero-order valence-corrected chi connectivity index (χ0v) is 15.1. The third-order valence-electron chi connectivity index (χ3n) is 6.19. The van der Waals surface area contributed by atoms with Gasteiger partial charge in [-0.3, -0.25) is 0 Å². The Labute approximate surface area is 144 Å². The Bertz CT molecular complexity index is 552. The topological polar surface area (TPSA) is 55.8 Å². The summed E-state index contributed by atoms with van der Waals surface area (Å²) in [5.74, 6) is -0.223. The molecule has 0 aliphatic carbocycles. The minimum Gasteiger partial charge on any atom is -0.456 e. The van der Waals surface area contributed by atoms with Crippen molar-refractivity contribution in [3.05, 3.63) is 23.8 Å². The number of rotatable bonds is 0. The highest BCUT2D eigenvalue weighted by atomic mass is 16.6. The Kier molecular flexibility index (Phi) is 4.89. The maximum Gasteiger partial charge on any atom is 0.334 e. The smallest absolute Gasteiger partial charge is 0.334 e. The third kappa shape index (κ3) is 3.18. The van der Waals surface area contributed by atoms with Gasteiger partial charge in [0.25, 0.3) is 0 Å². The van der Waals surface area contributed by atoms with Gasteiger partial charge >= 0.3 is 5.97 Å². The van der Waals surface area contributed by atoms with E-state index in [2.05, 4.69) is 26.5 Å². The number of hydrogen-bond donors (Lipinski definition) is 1. The first-order valence-electron chi connectivity index (χ1n) is 9.23. The predicted molar refractivity (Wildman–Crippen MR) is 92.4 cm³/mol. The molecule has 3 aliphatic heterocycles. The lowest BCUT2D eigenvalue weighted by atomic mass is 9.73. The summed E-state index contributed by atoms with van der Waals surface area (Å²) in [5, 5.41) is 10.7. The molecule has 3 aliphatic rings. The highest BCUT2D eigenvalue weighted by molar-refractivity contribution is 5.89. The van der Waals surface area contributed by atoms with E-state index in [1.807, 2.05) is 6.92 Å². The number of ether oxygens (including phenoxy) is 2. The van der Waals surface area contributed by atoms with Crippen LogP contribution in [0.2, 0.25) is 0 Å². The molecule has 4 heteroatoms. The van der Waals surface area contributed by atoms with Crippen molar-refractivity contribution in [3.8, 4) is 0 Å². The maximum atomic E-state index is 12.2. The first-order chi connectivity index (χ1) is 11.3. The van der Waals surface area contributed by atoms with Crippen molar-refractivity contribution < 1.29 is 19.4 Å². The molecular weight excluding hydrogens is 304 g/mol. The van der Waals surface area contributed by atoms with Crippen LogP contribution < -0.4 is 0 Å². The molecule has 1 N–H and O–H groups in total. The van der Waals surface area contributed by atoms with E-state index in [-0.39, 0.29) is 30.0 Å². The first kappa shape index (κ1) is 17.7. The molecule has 134 valence electrons. The number of esters is 1. The Balaban J connectivity index is 1.94. The van der Waals surface area contributed by atoms with Gasteiger partial charge in [-0.15, -0.1) is 0 Å². The predicted octanol–water partition coefficient (Wildman–Crippen LogP) is 3.54. The van der Waals surface area contributed by atoms with Crippen LogP contribution in [0.25, 0.3) is 0 Å². The molecule has 0 radical (unpaired) electrons. The monoisotopic (exact) mass is 334 g/mol. The molecule has 2 fully saturated rings. The van der Waals surface area contributed by atoms with Gasteiger partial charge in [-0.05, 0) is 58.3 Å². The van der Waals surface area contributed by atoms with Crippen LogP contribution in [0, 0.1) is 11.8 Å². The number of aliphatic hydroxyl groups is 1. The largest absolute Gasteiger partial charge is 0.456 e. The van der Waals surface area contributed by atoms with Gasteiger partial charge in [0.2, 0.25) is 0 Å². The van der Waals surface area contributed by atoms with Crippen LogP contribution in [0.5, 0.6) is 0 Å². The fourth-order valence-electron chi connectivity index (χ4n) is 4.39. The summed E-state index contributed by atoms with van der Waals surface area (Å²) in [6, 6.07) is 0. The Hall–Kier alpha value is -1.13. The van der Waals surface area contributed by atoms with Gasteiger partial charge in [0.1, 0.15) is 12.2 Å². The summed E-state index contributed by atoms with van der Waals surface area (Å²) in [5.41, 5.74) is 1.24. The molecule has 24 heavy (non-hydrogen) atoms. The molecule has 6 atom stereocenters. The van der Waals surface area contributed by atoms with E-state index in [4.69, 9.17) is 9.47 Å². The van der Waals surface area contributed by atoms with Crippen molar-refractivity contribution in [2.75, 3.05) is 0 Å². The number of hydrogen-bond acceptors (Lipinski definition) is 4. The zero-order valence-electron chi connectivity index (χ0n) is 15.1. The standard InChI is InChI=1S/C20H30O4/c1-12-7-5-9-13(2)17-18-15(14(3)19(22)23-17)11-16(21)20(4,24-18)10-6-8-12/h8,13,15-18,21H,3,5-7,9-11H2,1-2,4H3/b12-8-/t13-,15-,16+,17+,18+,20-/m0/s1. The lowest BCUT2D eigenvalue weighted by molar-refractivity contribution is -0.244. The Morgan fingerprint density at radius 1 is 1.38 bits per heavy atom. The quantitative estimate of drug-likeness (QED) is 0.418. The maximum absolute atomic E-state index is 12.2. The zero-order chi connectivity index (χ0) is 17.5. The van der Waals surface area contributed by atoms with Gasteiger partial charge in [0.15, 0.2) is 0 Å². The van der Waals surface area contributed by atoms with Crippen molar-refractivity contribution in [2.24, 2.45) is 11.8 Å². The van der Waals surface area contributed by atoms with E-state index < -0.39 is 11.7 Å². The molecule has 4 nitrogen and oxygen atoms in total. The van der Waals surface area contributed by atoms with E-state index in [9.17, 15) is 9.90 Å². The van der Waals surface area contributed by atoms with E-state index in [0.29, 0.717) is 12.0 Å². The van der Waals surface area contributed by atoms with Gasteiger partial charge in [-0.1, -0.05) is 25.2 Å². The normalized spacial score (nSPS) is 46.2. The second-order valence-electron chi connectivity index (χ2n) is 8.11. The molecule has 3 heterocycles. The van der Waals surface area contributed by atoms with Crippen LogP contribution in [0.1, 0.15) is 59.3 Å². The van der Waals surface area contributed by atoms with E-state index in [0.717, 1.165) is 32.1 Å². The third-order valence-corrected chi connectivity index (χ3v) is 6.19. The van der Waals surface area contributed by atoms with Crippen LogP contribution >= 0.6 is 0 Å². The second-order valence-corrected chi connectivity index (χ2v) is 8.11. The van der Waals surface area contributed by atoms with Crippen LogP contribution in [0.3, 0.4) is 0 Å². The molecule has 3 rings (SSSR count).